The maximum atomic E-state index is 11.4. The van der Waals surface area contributed by atoms with Gasteiger partial charge in [-0.1, -0.05) is 34.1 Å². The van der Waals surface area contributed by atoms with Crippen molar-refractivity contribution < 1.29 is 14.3 Å². The zero-order valence-electron chi connectivity index (χ0n) is 9.90. The molecule has 17 heavy (non-hydrogen) atoms. The molecule has 0 atom stereocenters. The van der Waals surface area contributed by atoms with E-state index in [0.29, 0.717) is 11.3 Å². The highest BCUT2D eigenvalue weighted by molar-refractivity contribution is 9.09. The topological polar surface area (TPSA) is 35.5 Å². The summed E-state index contributed by atoms with van der Waals surface area (Å²) < 4.78 is 9.90. The first-order valence-electron chi connectivity index (χ1n) is 5.21. The molecule has 0 fully saturated rings. The second-order valence-electron chi connectivity index (χ2n) is 3.33. The summed E-state index contributed by atoms with van der Waals surface area (Å²) in [5.74, 6) is 0.304. The molecule has 0 spiro atoms. The van der Waals surface area contributed by atoms with Gasteiger partial charge in [-0.15, -0.1) is 0 Å². The van der Waals surface area contributed by atoms with Gasteiger partial charge in [0.2, 0.25) is 0 Å². The van der Waals surface area contributed by atoms with E-state index in [9.17, 15) is 4.79 Å². The molecule has 1 aromatic carbocycles. The van der Waals surface area contributed by atoms with Crippen LogP contribution in [-0.2, 0) is 4.74 Å². The monoisotopic (exact) mass is 298 g/mol. The number of esters is 1. The van der Waals surface area contributed by atoms with E-state index in [0.717, 1.165) is 17.3 Å². The first kappa shape index (κ1) is 13.8. The molecule has 1 rings (SSSR count). The van der Waals surface area contributed by atoms with Gasteiger partial charge in [0.15, 0.2) is 0 Å². The van der Waals surface area contributed by atoms with Crippen LogP contribution in [0.2, 0.25) is 0 Å². The maximum absolute atomic E-state index is 11.4. The van der Waals surface area contributed by atoms with Gasteiger partial charge in [0, 0.05) is 10.9 Å². The van der Waals surface area contributed by atoms with Gasteiger partial charge in [-0.05, 0) is 18.6 Å². The highest BCUT2D eigenvalue weighted by atomic mass is 79.9. The second-order valence-corrected chi connectivity index (χ2v) is 4.12. The molecule has 0 aromatic heterocycles. The number of hydrogen-bond acceptors (Lipinski definition) is 3. The number of alkyl halides is 1. The van der Waals surface area contributed by atoms with Crippen molar-refractivity contribution in [1.82, 2.24) is 0 Å². The summed E-state index contributed by atoms with van der Waals surface area (Å²) in [5.41, 5.74) is 1.43. The molecule has 92 valence electrons. The first-order chi connectivity index (χ1) is 8.22. The Kier molecular flexibility index (Phi) is 5.77. The lowest BCUT2D eigenvalue weighted by molar-refractivity contribution is 0.0600. The van der Waals surface area contributed by atoms with Crippen LogP contribution in [0.5, 0.6) is 5.75 Å². The number of halogens is 1. The highest BCUT2D eigenvalue weighted by Gasteiger charge is 2.08. The molecule has 0 heterocycles. The molecule has 0 aliphatic rings. The van der Waals surface area contributed by atoms with Crippen molar-refractivity contribution in [3.05, 3.63) is 35.4 Å². The zero-order chi connectivity index (χ0) is 12.7. The number of methoxy groups -OCH3 is 2. The molecule has 0 radical (unpaired) electrons. The summed E-state index contributed by atoms with van der Waals surface area (Å²) >= 11 is 3.35. The van der Waals surface area contributed by atoms with Crippen molar-refractivity contribution in [2.45, 2.75) is 6.42 Å². The van der Waals surface area contributed by atoms with Gasteiger partial charge >= 0.3 is 5.97 Å². The molecule has 1 aromatic rings. The number of carbonyl (C=O) groups excluding carboxylic acids is 1. The van der Waals surface area contributed by atoms with Crippen molar-refractivity contribution in [3.63, 3.8) is 0 Å². The van der Waals surface area contributed by atoms with Crippen LogP contribution in [0.3, 0.4) is 0 Å². The number of carbonyl (C=O) groups is 1. The Bertz CT molecular complexity index is 413. The van der Waals surface area contributed by atoms with Crippen LogP contribution in [0.4, 0.5) is 0 Å². The van der Waals surface area contributed by atoms with E-state index in [1.165, 1.54) is 7.11 Å². The highest BCUT2D eigenvalue weighted by Crippen LogP contribution is 2.22. The summed E-state index contributed by atoms with van der Waals surface area (Å²) in [6.45, 7) is 0. The molecule has 0 aliphatic heterocycles. The minimum Gasteiger partial charge on any atom is -0.496 e. The lowest BCUT2D eigenvalue weighted by Crippen LogP contribution is -2.01. The summed E-state index contributed by atoms with van der Waals surface area (Å²) in [5, 5.41) is 0.923. The van der Waals surface area contributed by atoms with Gasteiger partial charge in [0.1, 0.15) is 5.75 Å². The molecule has 0 aliphatic carbocycles. The number of allylic oxidation sites excluding steroid dienone is 1. The van der Waals surface area contributed by atoms with E-state index in [2.05, 4.69) is 20.7 Å². The van der Waals surface area contributed by atoms with Crippen molar-refractivity contribution >= 4 is 28.0 Å². The van der Waals surface area contributed by atoms with Crippen LogP contribution < -0.4 is 4.74 Å². The third-order valence-corrected chi connectivity index (χ3v) is 2.69. The van der Waals surface area contributed by atoms with E-state index in [1.807, 2.05) is 18.2 Å². The molecule has 0 unspecified atom stereocenters. The fourth-order valence-electron chi connectivity index (χ4n) is 1.37. The Morgan fingerprint density at radius 2 is 2.18 bits per heavy atom. The SMILES string of the molecule is COC(=O)c1ccc(C=CCCBr)c(OC)c1. The Morgan fingerprint density at radius 1 is 1.41 bits per heavy atom. The van der Waals surface area contributed by atoms with E-state index in [-0.39, 0.29) is 5.97 Å². The molecule has 0 saturated heterocycles. The van der Waals surface area contributed by atoms with Crippen LogP contribution >= 0.6 is 15.9 Å². The number of rotatable bonds is 5. The minimum absolute atomic E-state index is 0.362. The van der Waals surface area contributed by atoms with Crippen LogP contribution in [-0.4, -0.2) is 25.5 Å². The Hall–Kier alpha value is -1.29. The minimum atomic E-state index is -0.362. The van der Waals surface area contributed by atoms with Gasteiger partial charge in [-0.3, -0.25) is 0 Å². The van der Waals surface area contributed by atoms with Crippen molar-refractivity contribution in [3.8, 4) is 5.75 Å². The average Bonchev–Trinajstić information content (AvgIpc) is 2.38. The van der Waals surface area contributed by atoms with E-state index in [1.54, 1.807) is 19.2 Å². The zero-order valence-corrected chi connectivity index (χ0v) is 11.5. The molecule has 4 heteroatoms. The largest absolute Gasteiger partial charge is 0.496 e. The Balaban J connectivity index is 2.97. The first-order valence-corrected chi connectivity index (χ1v) is 6.34. The number of ether oxygens (including phenoxy) is 2. The smallest absolute Gasteiger partial charge is 0.337 e. The third-order valence-electron chi connectivity index (χ3n) is 2.23. The van der Waals surface area contributed by atoms with Gasteiger partial charge in [-0.2, -0.15) is 0 Å². The van der Waals surface area contributed by atoms with Crippen molar-refractivity contribution in [1.29, 1.82) is 0 Å². The Morgan fingerprint density at radius 3 is 2.76 bits per heavy atom. The van der Waals surface area contributed by atoms with Gasteiger partial charge in [-0.25, -0.2) is 4.79 Å². The molecule has 0 bridgehead atoms. The van der Waals surface area contributed by atoms with Crippen molar-refractivity contribution in [2.75, 3.05) is 19.5 Å². The number of hydrogen-bond donors (Lipinski definition) is 0. The van der Waals surface area contributed by atoms with Gasteiger partial charge in [0.25, 0.3) is 0 Å². The molecular weight excluding hydrogens is 284 g/mol. The fraction of sp³-hybridized carbons (Fsp3) is 0.308. The molecule has 0 amide bonds. The van der Waals surface area contributed by atoms with E-state index in [4.69, 9.17) is 4.74 Å². The molecule has 0 N–H and O–H groups in total. The normalized spacial score (nSPS) is 10.5. The van der Waals surface area contributed by atoms with E-state index < -0.39 is 0 Å². The lowest BCUT2D eigenvalue weighted by Gasteiger charge is -2.06. The van der Waals surface area contributed by atoms with Crippen LogP contribution in [0.1, 0.15) is 22.3 Å². The summed E-state index contributed by atoms with van der Waals surface area (Å²) in [6.07, 6.45) is 4.97. The summed E-state index contributed by atoms with van der Waals surface area (Å²) in [7, 11) is 2.94. The standard InChI is InChI=1S/C13H15BrO3/c1-16-12-9-11(13(15)17-2)7-6-10(12)5-3-4-8-14/h3,5-7,9H,4,8H2,1-2H3. The number of benzene rings is 1. The molecule has 3 nitrogen and oxygen atoms in total. The lowest BCUT2D eigenvalue weighted by atomic mass is 10.1. The van der Waals surface area contributed by atoms with Crippen LogP contribution in [0, 0.1) is 0 Å². The third kappa shape index (κ3) is 3.89. The van der Waals surface area contributed by atoms with Gasteiger partial charge in [0.05, 0.1) is 19.8 Å². The molecular formula is C13H15BrO3. The van der Waals surface area contributed by atoms with E-state index >= 15 is 0 Å². The fourth-order valence-corrected chi connectivity index (χ4v) is 1.63. The van der Waals surface area contributed by atoms with Crippen LogP contribution in [0.25, 0.3) is 6.08 Å². The average molecular weight is 299 g/mol. The molecule has 0 saturated carbocycles. The summed E-state index contributed by atoms with van der Waals surface area (Å²) in [4.78, 5) is 11.4. The second kappa shape index (κ2) is 7.12. The van der Waals surface area contributed by atoms with Crippen LogP contribution in [0.15, 0.2) is 24.3 Å². The Labute approximate surface area is 110 Å². The predicted molar refractivity (Wildman–Crippen MR) is 71.8 cm³/mol. The maximum Gasteiger partial charge on any atom is 0.337 e. The predicted octanol–water partition coefficient (Wildman–Crippen LogP) is 3.28. The quantitative estimate of drug-likeness (QED) is 0.618. The summed E-state index contributed by atoms with van der Waals surface area (Å²) in [6, 6.07) is 5.25. The van der Waals surface area contributed by atoms with Gasteiger partial charge < -0.3 is 9.47 Å². The van der Waals surface area contributed by atoms with Crippen molar-refractivity contribution in [2.24, 2.45) is 0 Å².